The van der Waals surface area contributed by atoms with Crippen LogP contribution >= 0.6 is 11.3 Å². The highest BCUT2D eigenvalue weighted by atomic mass is 32.1. The number of nitrogens with zero attached hydrogens (tertiary/aromatic N) is 5. The number of fused-ring (bicyclic) bond motifs is 2. The maximum atomic E-state index is 4.57. The zero-order valence-corrected chi connectivity index (χ0v) is 26.9. The van der Waals surface area contributed by atoms with Crippen molar-refractivity contribution in [2.24, 2.45) is 0 Å². The number of nitrogens with one attached hydrogen (secondary N) is 3. The largest absolute Gasteiger partial charge is 0.378 e. The highest BCUT2D eigenvalue weighted by molar-refractivity contribution is 7.13. The molecule has 0 saturated carbocycles. The highest BCUT2D eigenvalue weighted by Gasteiger charge is 2.12. The van der Waals surface area contributed by atoms with E-state index >= 15 is 0 Å². The van der Waals surface area contributed by atoms with E-state index in [1.165, 1.54) is 22.5 Å². The smallest absolute Gasteiger partial charge is 0.137 e. The van der Waals surface area contributed by atoms with Crippen LogP contribution in [0, 0.1) is 0 Å². The van der Waals surface area contributed by atoms with Crippen molar-refractivity contribution < 1.29 is 0 Å². The van der Waals surface area contributed by atoms with Gasteiger partial charge in [0.25, 0.3) is 0 Å². The molecule has 0 saturated heterocycles. The van der Waals surface area contributed by atoms with Crippen LogP contribution in [0.1, 0.15) is 0 Å². The van der Waals surface area contributed by atoms with Gasteiger partial charge in [0.2, 0.25) is 0 Å². The number of aromatic amines is 3. The molecule has 8 nitrogen and oxygen atoms in total. The van der Waals surface area contributed by atoms with E-state index in [1.54, 1.807) is 11.3 Å². The fraction of sp³-hybridized carbons (Fsp3) is 0.108. The monoisotopic (exact) mass is 622 g/mol. The van der Waals surface area contributed by atoms with Gasteiger partial charge in [0, 0.05) is 127 Å². The van der Waals surface area contributed by atoms with E-state index in [9.17, 15) is 0 Å². The van der Waals surface area contributed by atoms with E-state index in [4.69, 9.17) is 0 Å². The van der Waals surface area contributed by atoms with Crippen LogP contribution in [-0.4, -0.2) is 58.1 Å². The van der Waals surface area contributed by atoms with E-state index in [0.717, 1.165) is 54.9 Å². The minimum absolute atomic E-state index is 0.892. The summed E-state index contributed by atoms with van der Waals surface area (Å²) in [6.07, 6.45) is 13.6. The summed E-state index contributed by atoms with van der Waals surface area (Å²) in [4.78, 5) is 27.3. The third-order valence-corrected chi connectivity index (χ3v) is 8.87. The van der Waals surface area contributed by atoms with Crippen molar-refractivity contribution in [2.45, 2.75) is 0 Å². The third-order valence-electron chi connectivity index (χ3n) is 8.07. The summed E-state index contributed by atoms with van der Waals surface area (Å²) in [6.45, 7) is 0. The molecule has 0 atom stereocenters. The number of rotatable bonds is 6. The number of hydrogen-bond donors (Lipinski definition) is 3. The second-order valence-electron chi connectivity index (χ2n) is 11.5. The number of anilines is 2. The summed E-state index contributed by atoms with van der Waals surface area (Å²) in [5.74, 6) is 0. The molecule has 2 aromatic carbocycles. The Morgan fingerprint density at radius 1 is 0.565 bits per heavy atom. The second kappa shape index (κ2) is 12.4. The molecule has 0 bridgehead atoms. The number of thiazole rings is 1. The molecule has 6 aromatic heterocycles. The predicted octanol–water partition coefficient (Wildman–Crippen LogP) is 8.71. The van der Waals surface area contributed by atoms with Gasteiger partial charge in [0.05, 0.1) is 0 Å². The van der Waals surface area contributed by atoms with Crippen molar-refractivity contribution in [3.05, 3.63) is 115 Å². The van der Waals surface area contributed by atoms with Crippen molar-refractivity contribution in [1.29, 1.82) is 0 Å². The number of aromatic nitrogens is 6. The van der Waals surface area contributed by atoms with Gasteiger partial charge in [-0.25, -0.2) is 15.0 Å². The maximum Gasteiger partial charge on any atom is 0.137 e. The van der Waals surface area contributed by atoms with Crippen LogP contribution in [0.25, 0.3) is 66.0 Å². The van der Waals surface area contributed by atoms with Crippen molar-refractivity contribution in [1.82, 2.24) is 29.9 Å². The lowest BCUT2D eigenvalue weighted by Crippen LogP contribution is -2.07. The van der Waals surface area contributed by atoms with Crippen LogP contribution in [0.2, 0.25) is 0 Å². The van der Waals surface area contributed by atoms with Gasteiger partial charge in [-0.15, -0.1) is 11.3 Å². The first-order chi connectivity index (χ1) is 22.4. The molecule has 0 fully saturated rings. The van der Waals surface area contributed by atoms with Gasteiger partial charge in [-0.1, -0.05) is 24.3 Å². The maximum absolute atomic E-state index is 4.57. The van der Waals surface area contributed by atoms with Crippen molar-refractivity contribution in [2.75, 3.05) is 38.0 Å². The molecular formula is C37H34N8S. The minimum atomic E-state index is 0.892. The molecule has 9 heteroatoms. The van der Waals surface area contributed by atoms with Gasteiger partial charge in [0.1, 0.15) is 16.3 Å². The molecule has 0 spiro atoms. The van der Waals surface area contributed by atoms with Gasteiger partial charge < -0.3 is 24.8 Å². The minimum Gasteiger partial charge on any atom is -0.378 e. The molecule has 0 aliphatic heterocycles. The van der Waals surface area contributed by atoms with Crippen molar-refractivity contribution >= 4 is 44.8 Å². The van der Waals surface area contributed by atoms with E-state index in [1.807, 2.05) is 76.9 Å². The van der Waals surface area contributed by atoms with Crippen molar-refractivity contribution in [3.8, 4) is 44.0 Å². The van der Waals surface area contributed by atoms with E-state index < -0.39 is 0 Å². The number of pyridine rings is 2. The van der Waals surface area contributed by atoms with Gasteiger partial charge in [-0.05, 0) is 53.6 Å². The fourth-order valence-corrected chi connectivity index (χ4v) is 6.16. The van der Waals surface area contributed by atoms with E-state index in [0.29, 0.717) is 0 Å². The Balaban J connectivity index is 0.000000147. The second-order valence-corrected chi connectivity index (χ2v) is 12.4. The Bertz CT molecular complexity index is 2030. The third kappa shape index (κ3) is 5.76. The van der Waals surface area contributed by atoms with Crippen LogP contribution < -0.4 is 9.80 Å². The van der Waals surface area contributed by atoms with Crippen LogP contribution in [0.4, 0.5) is 11.4 Å². The Morgan fingerprint density at radius 2 is 1.11 bits per heavy atom. The summed E-state index contributed by atoms with van der Waals surface area (Å²) < 4.78 is 0. The van der Waals surface area contributed by atoms with Crippen LogP contribution in [0.3, 0.4) is 0 Å². The molecule has 0 unspecified atom stereocenters. The number of H-pyrrole nitrogens is 3. The molecule has 3 N–H and O–H groups in total. The first-order valence-electron chi connectivity index (χ1n) is 15.0. The van der Waals surface area contributed by atoms with Crippen molar-refractivity contribution in [3.63, 3.8) is 0 Å². The van der Waals surface area contributed by atoms with Crippen LogP contribution in [0.5, 0.6) is 0 Å². The lowest BCUT2D eigenvalue weighted by Gasteiger charge is -2.12. The van der Waals surface area contributed by atoms with Crippen LogP contribution in [0.15, 0.2) is 115 Å². The number of benzene rings is 2. The molecule has 8 aromatic rings. The van der Waals surface area contributed by atoms with E-state index in [-0.39, 0.29) is 0 Å². The Kier molecular flexibility index (Phi) is 7.82. The summed E-state index contributed by atoms with van der Waals surface area (Å²) in [5.41, 5.74) is 12.2. The van der Waals surface area contributed by atoms with Gasteiger partial charge in [-0.2, -0.15) is 0 Å². The zero-order valence-electron chi connectivity index (χ0n) is 26.1. The molecule has 8 rings (SSSR count). The first kappa shape index (κ1) is 29.1. The molecule has 228 valence electrons. The highest BCUT2D eigenvalue weighted by Crippen LogP contribution is 2.33. The summed E-state index contributed by atoms with van der Waals surface area (Å²) >= 11 is 1.64. The average Bonchev–Trinajstić information content (AvgIpc) is 3.91. The van der Waals surface area contributed by atoms with Gasteiger partial charge in [-0.3, -0.25) is 0 Å². The molecule has 0 aliphatic carbocycles. The fourth-order valence-electron chi connectivity index (χ4n) is 5.49. The molecule has 0 radical (unpaired) electrons. The Hall–Kier alpha value is -5.67. The molecule has 0 amide bonds. The average molecular weight is 623 g/mol. The molecule has 6 heterocycles. The summed E-state index contributed by atoms with van der Waals surface area (Å²) in [6, 6.07) is 23.5. The normalized spacial score (nSPS) is 11.0. The molecule has 0 aliphatic rings. The van der Waals surface area contributed by atoms with E-state index in [2.05, 4.69) is 106 Å². The summed E-state index contributed by atoms with van der Waals surface area (Å²) in [7, 11) is 8.18. The number of hydrogen-bond acceptors (Lipinski definition) is 6. The quantitative estimate of drug-likeness (QED) is 0.173. The zero-order chi connectivity index (χ0) is 31.6. The first-order valence-corrected chi connectivity index (χ1v) is 15.9. The van der Waals surface area contributed by atoms with Crippen LogP contribution in [-0.2, 0) is 0 Å². The van der Waals surface area contributed by atoms with Gasteiger partial charge >= 0.3 is 0 Å². The SMILES string of the molecule is CN(C)c1ccc(-c2cnc3[nH]cc(-c4cc[nH]c4)c3c2)cc1.CN(C)c1ccc(-c2cnc3[nH]cc(-c4nccs4)c3c2)cc1. The summed E-state index contributed by atoms with van der Waals surface area (Å²) in [5, 5.41) is 5.25. The Morgan fingerprint density at radius 3 is 1.59 bits per heavy atom. The lowest BCUT2D eigenvalue weighted by molar-refractivity contribution is 1.13. The predicted molar refractivity (Wildman–Crippen MR) is 193 cm³/mol. The topological polar surface area (TPSA) is 92.5 Å². The Labute approximate surface area is 271 Å². The molecular weight excluding hydrogens is 589 g/mol. The standard InChI is InChI=1S/C19H18N4.C18H16N4S/c1-23(2)16-5-3-13(4-6-16)15-9-17-18(14-7-8-20-10-14)12-22-19(17)21-11-15;1-22(2)14-5-3-12(4-6-14)13-9-15-16(18-19-7-8-23-18)11-21-17(15)20-10-13/h3-12,20H,1-2H3,(H,21,22);3-11H,1-2H3,(H,20,21). The van der Waals surface area contributed by atoms with Gasteiger partial charge in [0.15, 0.2) is 0 Å². The molecule has 46 heavy (non-hydrogen) atoms. The lowest BCUT2D eigenvalue weighted by atomic mass is 10.0.